The molecule has 4 nitrogen and oxygen atoms in total. The molecule has 0 aliphatic carbocycles. The number of sulfone groups is 1. The molecule has 2 saturated heterocycles. The van der Waals surface area contributed by atoms with E-state index in [0.717, 1.165) is 44.7 Å². The number of hydrogen-bond donors (Lipinski definition) is 0. The summed E-state index contributed by atoms with van der Waals surface area (Å²) in [6, 6.07) is 6.69. The molecule has 0 saturated carbocycles. The van der Waals surface area contributed by atoms with Gasteiger partial charge >= 0.3 is 0 Å². The fourth-order valence-corrected chi connectivity index (χ4v) is 5.05. The number of rotatable bonds is 4. The summed E-state index contributed by atoms with van der Waals surface area (Å²) in [6.45, 7) is 4.66. The van der Waals surface area contributed by atoms with Gasteiger partial charge in [0.05, 0.1) is 11.5 Å². The molecule has 23 heavy (non-hydrogen) atoms. The van der Waals surface area contributed by atoms with Gasteiger partial charge in [-0.2, -0.15) is 0 Å². The van der Waals surface area contributed by atoms with Gasteiger partial charge < -0.3 is 0 Å². The summed E-state index contributed by atoms with van der Waals surface area (Å²) in [4.78, 5) is 4.69. The second-order valence-electron chi connectivity index (χ2n) is 6.35. The Morgan fingerprint density at radius 1 is 1.13 bits per heavy atom. The van der Waals surface area contributed by atoms with Crippen LogP contribution in [0.25, 0.3) is 6.08 Å². The average Bonchev–Trinajstić information content (AvgIpc) is 2.90. The molecule has 2 aliphatic rings. The lowest BCUT2D eigenvalue weighted by Gasteiger charge is -2.37. The van der Waals surface area contributed by atoms with Gasteiger partial charge in [-0.1, -0.05) is 24.3 Å². The van der Waals surface area contributed by atoms with Crippen molar-refractivity contribution in [3.8, 4) is 0 Å². The van der Waals surface area contributed by atoms with Crippen LogP contribution in [0.15, 0.2) is 30.3 Å². The van der Waals surface area contributed by atoms with Gasteiger partial charge in [-0.25, -0.2) is 12.8 Å². The van der Waals surface area contributed by atoms with Gasteiger partial charge in [0.2, 0.25) is 0 Å². The number of nitrogens with zero attached hydrogens (tertiary/aromatic N) is 2. The van der Waals surface area contributed by atoms with E-state index in [0.29, 0.717) is 11.5 Å². The molecule has 0 N–H and O–H groups in total. The second-order valence-corrected chi connectivity index (χ2v) is 8.58. The van der Waals surface area contributed by atoms with Crippen LogP contribution in [0.4, 0.5) is 4.39 Å². The highest BCUT2D eigenvalue weighted by molar-refractivity contribution is 7.91. The monoisotopic (exact) mass is 338 g/mol. The van der Waals surface area contributed by atoms with Crippen molar-refractivity contribution in [1.82, 2.24) is 9.80 Å². The molecule has 0 bridgehead atoms. The summed E-state index contributed by atoms with van der Waals surface area (Å²) in [5, 5.41) is 0. The summed E-state index contributed by atoms with van der Waals surface area (Å²) in [6.07, 6.45) is 4.89. The van der Waals surface area contributed by atoms with Crippen LogP contribution in [0.1, 0.15) is 12.0 Å². The zero-order valence-corrected chi connectivity index (χ0v) is 14.0. The predicted octanol–water partition coefficient (Wildman–Crippen LogP) is 1.64. The van der Waals surface area contributed by atoms with Crippen molar-refractivity contribution in [1.29, 1.82) is 0 Å². The van der Waals surface area contributed by atoms with Crippen LogP contribution in [0, 0.1) is 5.82 Å². The van der Waals surface area contributed by atoms with Crippen LogP contribution in [0.5, 0.6) is 0 Å². The van der Waals surface area contributed by atoms with Gasteiger partial charge in [0.25, 0.3) is 0 Å². The van der Waals surface area contributed by atoms with E-state index in [1.165, 1.54) is 12.1 Å². The van der Waals surface area contributed by atoms with Crippen LogP contribution in [-0.2, 0) is 9.84 Å². The third-order valence-corrected chi connectivity index (χ3v) is 6.43. The minimum absolute atomic E-state index is 0.216. The highest BCUT2D eigenvalue weighted by Crippen LogP contribution is 2.19. The molecule has 0 aromatic heterocycles. The highest BCUT2D eigenvalue weighted by Gasteiger charge is 2.33. The lowest BCUT2D eigenvalue weighted by atomic mass is 10.2. The predicted molar refractivity (Wildman–Crippen MR) is 90.5 cm³/mol. The number of piperazine rings is 1. The lowest BCUT2D eigenvalue weighted by molar-refractivity contribution is 0.112. The first kappa shape index (κ1) is 16.6. The van der Waals surface area contributed by atoms with E-state index in [9.17, 15) is 12.8 Å². The maximum Gasteiger partial charge on any atom is 0.151 e. The molecule has 2 aliphatic heterocycles. The summed E-state index contributed by atoms with van der Waals surface area (Å²) in [5.74, 6) is 0.461. The van der Waals surface area contributed by atoms with E-state index in [-0.39, 0.29) is 11.9 Å². The highest BCUT2D eigenvalue weighted by atomic mass is 32.2. The largest absolute Gasteiger partial charge is 0.297 e. The van der Waals surface area contributed by atoms with E-state index >= 15 is 0 Å². The molecule has 1 atom stereocenters. The third kappa shape index (κ3) is 4.62. The van der Waals surface area contributed by atoms with Crippen molar-refractivity contribution in [2.45, 2.75) is 12.5 Å². The maximum atomic E-state index is 12.8. The molecule has 2 heterocycles. The Labute approximate surface area is 137 Å². The number of halogens is 1. The minimum Gasteiger partial charge on any atom is -0.297 e. The quantitative estimate of drug-likeness (QED) is 0.837. The van der Waals surface area contributed by atoms with E-state index in [2.05, 4.69) is 15.9 Å². The summed E-state index contributed by atoms with van der Waals surface area (Å²) < 4.78 is 36.0. The summed E-state index contributed by atoms with van der Waals surface area (Å²) in [7, 11) is -2.80. The van der Waals surface area contributed by atoms with Crippen LogP contribution >= 0.6 is 0 Å². The number of hydrogen-bond acceptors (Lipinski definition) is 4. The number of benzene rings is 1. The zero-order chi connectivity index (χ0) is 16.3. The summed E-state index contributed by atoms with van der Waals surface area (Å²) in [5.41, 5.74) is 1.00. The Bertz CT molecular complexity index is 650. The van der Waals surface area contributed by atoms with Crippen LogP contribution < -0.4 is 0 Å². The van der Waals surface area contributed by atoms with Crippen LogP contribution in [-0.4, -0.2) is 68.5 Å². The molecule has 0 spiro atoms. The summed E-state index contributed by atoms with van der Waals surface area (Å²) >= 11 is 0. The van der Waals surface area contributed by atoms with E-state index in [1.807, 2.05) is 6.08 Å². The Kier molecular flexibility index (Phi) is 5.14. The lowest BCUT2D eigenvalue weighted by Crippen LogP contribution is -2.50. The molecule has 6 heteroatoms. The molecule has 0 radical (unpaired) electrons. The van der Waals surface area contributed by atoms with Crippen molar-refractivity contribution in [3.63, 3.8) is 0 Å². The first-order chi connectivity index (χ1) is 11.0. The molecule has 1 unspecified atom stereocenters. The van der Waals surface area contributed by atoms with Gasteiger partial charge in [0, 0.05) is 38.8 Å². The molecule has 1 aromatic carbocycles. The SMILES string of the molecule is O=S1(=O)CCC(N2CCN(C/C=C/c3ccc(F)cc3)CC2)C1. The van der Waals surface area contributed by atoms with Crippen molar-refractivity contribution in [2.75, 3.05) is 44.2 Å². The standard InChI is InChI=1S/C17H23FN2O2S/c18-16-5-3-15(4-6-16)2-1-8-19-9-11-20(12-10-19)17-7-13-23(21,22)14-17/h1-6,17H,7-14H2/b2-1+. The van der Waals surface area contributed by atoms with Gasteiger partial charge in [-0.3, -0.25) is 9.80 Å². The molecule has 0 amide bonds. The Morgan fingerprint density at radius 2 is 1.83 bits per heavy atom. The smallest absolute Gasteiger partial charge is 0.151 e. The first-order valence-electron chi connectivity index (χ1n) is 8.11. The zero-order valence-electron chi connectivity index (χ0n) is 13.2. The topological polar surface area (TPSA) is 40.6 Å². The van der Waals surface area contributed by atoms with Gasteiger partial charge in [0.15, 0.2) is 9.84 Å². The van der Waals surface area contributed by atoms with E-state index in [4.69, 9.17) is 0 Å². The van der Waals surface area contributed by atoms with E-state index in [1.54, 1.807) is 12.1 Å². The van der Waals surface area contributed by atoms with Crippen molar-refractivity contribution < 1.29 is 12.8 Å². The Morgan fingerprint density at radius 3 is 2.43 bits per heavy atom. The molecular formula is C17H23FN2O2S. The Balaban J connectivity index is 1.43. The Hall–Kier alpha value is -1.24. The molecular weight excluding hydrogens is 315 g/mol. The second kappa shape index (κ2) is 7.11. The van der Waals surface area contributed by atoms with Crippen molar-refractivity contribution >= 4 is 15.9 Å². The molecule has 126 valence electrons. The molecule has 1 aromatic rings. The van der Waals surface area contributed by atoms with Crippen LogP contribution in [0.3, 0.4) is 0 Å². The normalized spacial score (nSPS) is 26.0. The van der Waals surface area contributed by atoms with Crippen LogP contribution in [0.2, 0.25) is 0 Å². The van der Waals surface area contributed by atoms with Gasteiger partial charge in [0.1, 0.15) is 5.82 Å². The fraction of sp³-hybridized carbons (Fsp3) is 0.529. The van der Waals surface area contributed by atoms with Gasteiger partial charge in [-0.05, 0) is 24.1 Å². The third-order valence-electron chi connectivity index (χ3n) is 4.68. The van der Waals surface area contributed by atoms with Crippen molar-refractivity contribution in [3.05, 3.63) is 41.7 Å². The minimum atomic E-state index is -2.80. The molecule has 2 fully saturated rings. The molecule has 3 rings (SSSR count). The average molecular weight is 338 g/mol. The maximum absolute atomic E-state index is 12.8. The van der Waals surface area contributed by atoms with Crippen molar-refractivity contribution in [2.24, 2.45) is 0 Å². The first-order valence-corrected chi connectivity index (χ1v) is 9.93. The van der Waals surface area contributed by atoms with Gasteiger partial charge in [-0.15, -0.1) is 0 Å². The van der Waals surface area contributed by atoms with E-state index < -0.39 is 9.84 Å². The fourth-order valence-electron chi connectivity index (χ4n) is 3.29.